The summed E-state index contributed by atoms with van der Waals surface area (Å²) in [5, 5.41) is 6.98. The molecule has 0 spiro atoms. The Morgan fingerprint density at radius 2 is 2.00 bits per heavy atom. The molecule has 0 radical (unpaired) electrons. The van der Waals surface area contributed by atoms with Gasteiger partial charge in [-0.25, -0.2) is 4.98 Å². The topological polar surface area (TPSA) is 24.9 Å². The van der Waals surface area contributed by atoms with Gasteiger partial charge in [-0.05, 0) is 50.4 Å². The van der Waals surface area contributed by atoms with Gasteiger partial charge in [0.25, 0.3) is 0 Å². The summed E-state index contributed by atoms with van der Waals surface area (Å²) in [5.74, 6) is 0. The minimum Gasteiger partial charge on any atom is -0.310 e. The number of benzene rings is 1. The third kappa shape index (κ3) is 3.90. The fraction of sp³-hybridized carbons (Fsp3) is 0.471. The fourth-order valence-corrected chi connectivity index (χ4v) is 2.94. The van der Waals surface area contributed by atoms with Crippen LogP contribution in [0.15, 0.2) is 23.6 Å². The smallest absolute Gasteiger partial charge is 0.0897 e. The predicted molar refractivity (Wildman–Crippen MR) is 87.5 cm³/mol. The molecule has 1 aromatic carbocycles. The molecule has 20 heavy (non-hydrogen) atoms. The van der Waals surface area contributed by atoms with Crippen molar-refractivity contribution < 1.29 is 0 Å². The van der Waals surface area contributed by atoms with Crippen LogP contribution < -0.4 is 5.32 Å². The summed E-state index contributed by atoms with van der Waals surface area (Å²) in [6, 6.07) is 7.13. The minimum atomic E-state index is 0.357. The van der Waals surface area contributed by atoms with Gasteiger partial charge < -0.3 is 5.32 Å². The second-order valence-corrected chi connectivity index (χ2v) is 6.47. The number of hydrogen-bond donors (Lipinski definition) is 1. The molecule has 0 aliphatic heterocycles. The van der Waals surface area contributed by atoms with Gasteiger partial charge in [0, 0.05) is 17.8 Å². The van der Waals surface area contributed by atoms with Crippen LogP contribution in [-0.2, 0) is 6.42 Å². The van der Waals surface area contributed by atoms with Crippen LogP contribution in [0.25, 0.3) is 0 Å². The van der Waals surface area contributed by atoms with E-state index in [0.29, 0.717) is 6.04 Å². The molecule has 0 aliphatic rings. The molecule has 0 bridgehead atoms. The highest BCUT2D eigenvalue weighted by atomic mass is 32.1. The summed E-state index contributed by atoms with van der Waals surface area (Å²) in [6.07, 6.45) is 2.12. The molecule has 1 heterocycles. The first-order valence-electron chi connectivity index (χ1n) is 7.31. The van der Waals surface area contributed by atoms with Gasteiger partial charge in [0.05, 0.1) is 10.7 Å². The van der Waals surface area contributed by atoms with E-state index in [4.69, 9.17) is 0 Å². The van der Waals surface area contributed by atoms with Crippen LogP contribution in [0.4, 0.5) is 0 Å². The van der Waals surface area contributed by atoms with Gasteiger partial charge >= 0.3 is 0 Å². The molecule has 2 nitrogen and oxygen atoms in total. The Labute approximate surface area is 126 Å². The Balaban J connectivity index is 2.19. The zero-order chi connectivity index (χ0) is 14.5. The maximum absolute atomic E-state index is 4.60. The molecule has 3 heteroatoms. The first-order chi connectivity index (χ1) is 9.60. The Bertz CT molecular complexity index is 560. The fourth-order valence-electron chi connectivity index (χ4n) is 2.32. The third-order valence-corrected chi connectivity index (χ3v) is 4.48. The van der Waals surface area contributed by atoms with E-state index in [1.165, 1.54) is 22.4 Å². The molecular weight excluding hydrogens is 264 g/mol. The highest BCUT2D eigenvalue weighted by Gasteiger charge is 2.13. The quantitative estimate of drug-likeness (QED) is 0.854. The van der Waals surface area contributed by atoms with E-state index in [2.05, 4.69) is 61.6 Å². The Morgan fingerprint density at radius 3 is 2.60 bits per heavy atom. The summed E-state index contributed by atoms with van der Waals surface area (Å²) in [7, 11) is 0. The maximum Gasteiger partial charge on any atom is 0.0897 e. The zero-order valence-electron chi connectivity index (χ0n) is 12.9. The van der Waals surface area contributed by atoms with Crippen LogP contribution in [0.1, 0.15) is 46.8 Å². The molecule has 108 valence electrons. The van der Waals surface area contributed by atoms with Crippen molar-refractivity contribution >= 4 is 11.3 Å². The molecule has 2 aromatic rings. The zero-order valence-corrected chi connectivity index (χ0v) is 13.7. The van der Waals surface area contributed by atoms with E-state index < -0.39 is 0 Å². The SMILES string of the molecule is CCCNC(Cc1csc(C)n1)c1ccc(C)c(C)c1. The minimum absolute atomic E-state index is 0.357. The summed E-state index contributed by atoms with van der Waals surface area (Å²) < 4.78 is 0. The van der Waals surface area contributed by atoms with Gasteiger partial charge in [0.15, 0.2) is 0 Å². The average molecular weight is 288 g/mol. The van der Waals surface area contributed by atoms with Crippen LogP contribution in [-0.4, -0.2) is 11.5 Å². The number of thiazole rings is 1. The van der Waals surface area contributed by atoms with Crippen LogP contribution in [0, 0.1) is 20.8 Å². The number of nitrogens with one attached hydrogen (secondary N) is 1. The van der Waals surface area contributed by atoms with Gasteiger partial charge in [-0.1, -0.05) is 25.1 Å². The van der Waals surface area contributed by atoms with Gasteiger partial charge in [-0.3, -0.25) is 0 Å². The highest BCUT2D eigenvalue weighted by Crippen LogP contribution is 2.22. The Kier molecular flexibility index (Phi) is 5.32. The molecule has 1 atom stereocenters. The molecule has 1 unspecified atom stereocenters. The number of rotatable bonds is 6. The second kappa shape index (κ2) is 7.00. The van der Waals surface area contributed by atoms with Gasteiger partial charge in [0.2, 0.25) is 0 Å². The highest BCUT2D eigenvalue weighted by molar-refractivity contribution is 7.09. The van der Waals surface area contributed by atoms with E-state index >= 15 is 0 Å². The maximum atomic E-state index is 4.60. The first kappa shape index (κ1) is 15.2. The van der Waals surface area contributed by atoms with Gasteiger partial charge in [0.1, 0.15) is 0 Å². The first-order valence-corrected chi connectivity index (χ1v) is 8.19. The lowest BCUT2D eigenvalue weighted by molar-refractivity contribution is 0.525. The third-order valence-electron chi connectivity index (χ3n) is 3.65. The molecule has 0 aliphatic carbocycles. The van der Waals surface area contributed by atoms with Crippen molar-refractivity contribution in [2.24, 2.45) is 0 Å². The van der Waals surface area contributed by atoms with Crippen molar-refractivity contribution in [2.45, 2.75) is 46.6 Å². The van der Waals surface area contributed by atoms with Crippen molar-refractivity contribution in [3.05, 3.63) is 51.0 Å². The van der Waals surface area contributed by atoms with Gasteiger partial charge in [-0.15, -0.1) is 11.3 Å². The normalized spacial score (nSPS) is 12.6. The van der Waals surface area contributed by atoms with Crippen molar-refractivity contribution in [2.75, 3.05) is 6.54 Å². The number of aromatic nitrogens is 1. The lowest BCUT2D eigenvalue weighted by Gasteiger charge is -2.19. The van der Waals surface area contributed by atoms with E-state index in [1.54, 1.807) is 11.3 Å². The largest absolute Gasteiger partial charge is 0.310 e. The van der Waals surface area contributed by atoms with Crippen molar-refractivity contribution in [1.82, 2.24) is 10.3 Å². The molecule has 0 saturated carbocycles. The van der Waals surface area contributed by atoms with Crippen molar-refractivity contribution in [3.63, 3.8) is 0 Å². The molecular formula is C17H24N2S. The summed E-state index contributed by atoms with van der Waals surface area (Å²) in [5.41, 5.74) is 5.28. The molecule has 1 aromatic heterocycles. The van der Waals surface area contributed by atoms with E-state index in [9.17, 15) is 0 Å². The molecule has 0 saturated heterocycles. The molecule has 1 N–H and O–H groups in total. The number of hydrogen-bond acceptors (Lipinski definition) is 3. The standard InChI is InChI=1S/C17H24N2S/c1-5-8-18-17(10-16-11-20-14(4)19-16)15-7-6-12(2)13(3)9-15/h6-7,9,11,17-18H,5,8,10H2,1-4H3. The average Bonchev–Trinajstić information content (AvgIpc) is 2.83. The molecule has 0 fully saturated rings. The van der Waals surface area contributed by atoms with E-state index in [-0.39, 0.29) is 0 Å². The van der Waals surface area contributed by atoms with Crippen LogP contribution in [0.5, 0.6) is 0 Å². The van der Waals surface area contributed by atoms with Crippen LogP contribution >= 0.6 is 11.3 Å². The number of nitrogens with zero attached hydrogens (tertiary/aromatic N) is 1. The predicted octanol–water partition coefficient (Wildman–Crippen LogP) is 4.35. The van der Waals surface area contributed by atoms with Crippen molar-refractivity contribution in [3.8, 4) is 0 Å². The van der Waals surface area contributed by atoms with Gasteiger partial charge in [-0.2, -0.15) is 0 Å². The molecule has 2 rings (SSSR count). The van der Waals surface area contributed by atoms with Crippen LogP contribution in [0.3, 0.4) is 0 Å². The Hall–Kier alpha value is -1.19. The van der Waals surface area contributed by atoms with Crippen LogP contribution in [0.2, 0.25) is 0 Å². The second-order valence-electron chi connectivity index (χ2n) is 5.41. The summed E-state index contributed by atoms with van der Waals surface area (Å²) >= 11 is 1.73. The monoisotopic (exact) mass is 288 g/mol. The Morgan fingerprint density at radius 1 is 1.20 bits per heavy atom. The summed E-state index contributed by atoms with van der Waals surface area (Å²) in [6.45, 7) is 9.66. The van der Waals surface area contributed by atoms with E-state index in [1.807, 2.05) is 0 Å². The lowest BCUT2D eigenvalue weighted by Crippen LogP contribution is -2.24. The van der Waals surface area contributed by atoms with E-state index in [0.717, 1.165) is 24.4 Å². The lowest BCUT2D eigenvalue weighted by atomic mass is 9.98. The number of aryl methyl sites for hydroxylation is 3. The summed E-state index contributed by atoms with van der Waals surface area (Å²) in [4.78, 5) is 4.60. The molecule has 0 amide bonds. The van der Waals surface area contributed by atoms with Crippen molar-refractivity contribution in [1.29, 1.82) is 0 Å².